The Balaban J connectivity index is 1.87. The average Bonchev–Trinajstić information content (AvgIpc) is 2.76. The predicted octanol–water partition coefficient (Wildman–Crippen LogP) is 3.68. The molecule has 1 N–H and O–H groups in total. The lowest BCUT2D eigenvalue weighted by atomic mass is 9.78. The topological polar surface area (TPSA) is 56.3 Å². The van der Waals surface area contributed by atoms with E-state index in [1.165, 1.54) is 18.2 Å². The smallest absolute Gasteiger partial charge is 0.399 e. The van der Waals surface area contributed by atoms with Gasteiger partial charge in [0.05, 0.1) is 11.2 Å². The van der Waals surface area contributed by atoms with Gasteiger partial charge in [0.15, 0.2) is 0 Å². The largest absolute Gasteiger partial charge is 0.497 e. The number of nitrogens with zero attached hydrogens (tertiary/aromatic N) is 2. The van der Waals surface area contributed by atoms with E-state index in [1.807, 2.05) is 27.7 Å². The number of nitrogens with one attached hydrogen (secondary N) is 1. The summed E-state index contributed by atoms with van der Waals surface area (Å²) in [6, 6.07) is 4.72. The minimum absolute atomic E-state index is 0.130. The van der Waals surface area contributed by atoms with E-state index in [0.717, 1.165) is 12.3 Å². The van der Waals surface area contributed by atoms with Gasteiger partial charge in [0.1, 0.15) is 11.5 Å². The first-order valence-corrected chi connectivity index (χ1v) is 8.21. The fourth-order valence-electron chi connectivity index (χ4n) is 2.48. The van der Waals surface area contributed by atoms with Gasteiger partial charge in [-0.2, -0.15) is 13.2 Å². The number of halogens is 4. The first-order chi connectivity index (χ1) is 12.4. The molecule has 0 unspecified atom stereocenters. The average molecular weight is 383 g/mol. The standard InChI is InChI=1S/C17H18BF4N3O2/c1-15(2)16(3,4)27-18(26-15)11-9-10(5-6-12(11)19)24-14-23-8-7-13(25-14)17(20,21)22/h5-9H,1-4H3,(H,23,24,25). The monoisotopic (exact) mass is 383 g/mol. The van der Waals surface area contributed by atoms with E-state index in [4.69, 9.17) is 9.31 Å². The number of rotatable bonds is 3. The molecule has 0 spiro atoms. The summed E-state index contributed by atoms with van der Waals surface area (Å²) in [5.41, 5.74) is -1.95. The Labute approximate surface area is 154 Å². The van der Waals surface area contributed by atoms with Gasteiger partial charge in [0.2, 0.25) is 5.95 Å². The van der Waals surface area contributed by atoms with E-state index in [9.17, 15) is 17.6 Å². The minimum Gasteiger partial charge on any atom is -0.399 e. The van der Waals surface area contributed by atoms with Crippen LogP contribution in [-0.2, 0) is 15.5 Å². The van der Waals surface area contributed by atoms with Crippen LogP contribution >= 0.6 is 0 Å². The van der Waals surface area contributed by atoms with Gasteiger partial charge in [-0.1, -0.05) is 0 Å². The highest BCUT2D eigenvalue weighted by molar-refractivity contribution is 6.62. The second-order valence-corrected chi connectivity index (χ2v) is 7.21. The molecule has 0 radical (unpaired) electrons. The number of benzene rings is 1. The van der Waals surface area contributed by atoms with E-state index < -0.39 is 36.0 Å². The Morgan fingerprint density at radius 2 is 1.67 bits per heavy atom. The summed E-state index contributed by atoms with van der Waals surface area (Å²) in [6.45, 7) is 7.35. The van der Waals surface area contributed by atoms with Gasteiger partial charge in [-0.3, -0.25) is 0 Å². The van der Waals surface area contributed by atoms with Crippen molar-refractivity contribution < 1.29 is 26.9 Å². The maximum Gasteiger partial charge on any atom is 0.497 e. The summed E-state index contributed by atoms with van der Waals surface area (Å²) < 4.78 is 64.3. The molecule has 5 nitrogen and oxygen atoms in total. The van der Waals surface area contributed by atoms with Gasteiger partial charge in [-0.15, -0.1) is 0 Å². The molecule has 0 aliphatic carbocycles. The Morgan fingerprint density at radius 1 is 1.04 bits per heavy atom. The maximum absolute atomic E-state index is 14.3. The zero-order valence-electron chi connectivity index (χ0n) is 15.2. The summed E-state index contributed by atoms with van der Waals surface area (Å²) in [4.78, 5) is 7.20. The highest BCUT2D eigenvalue weighted by Crippen LogP contribution is 2.37. The highest BCUT2D eigenvalue weighted by atomic mass is 19.4. The Morgan fingerprint density at radius 3 is 2.26 bits per heavy atom. The van der Waals surface area contributed by atoms with Gasteiger partial charge in [0.25, 0.3) is 0 Å². The lowest BCUT2D eigenvalue weighted by Gasteiger charge is -2.32. The van der Waals surface area contributed by atoms with Crippen LogP contribution in [0.2, 0.25) is 0 Å². The molecule has 0 bridgehead atoms. The molecule has 1 aromatic carbocycles. The van der Waals surface area contributed by atoms with E-state index in [1.54, 1.807) is 0 Å². The molecule has 1 fully saturated rings. The fourth-order valence-corrected chi connectivity index (χ4v) is 2.48. The molecule has 1 saturated heterocycles. The lowest BCUT2D eigenvalue weighted by molar-refractivity contribution is -0.141. The van der Waals surface area contributed by atoms with Gasteiger partial charge in [-0.25, -0.2) is 14.4 Å². The quantitative estimate of drug-likeness (QED) is 0.648. The fraction of sp³-hybridized carbons (Fsp3) is 0.412. The number of anilines is 2. The molecule has 10 heteroatoms. The van der Waals surface area contributed by atoms with Gasteiger partial charge >= 0.3 is 13.3 Å². The Kier molecular flexibility index (Phi) is 4.67. The second-order valence-electron chi connectivity index (χ2n) is 7.21. The van der Waals surface area contributed by atoms with Crippen molar-refractivity contribution in [1.82, 2.24) is 9.97 Å². The third-order valence-electron chi connectivity index (χ3n) is 4.71. The molecule has 2 heterocycles. The zero-order chi connectivity index (χ0) is 20.0. The molecule has 2 aromatic rings. The van der Waals surface area contributed by atoms with E-state index >= 15 is 0 Å². The molecule has 1 aliphatic rings. The molecule has 0 atom stereocenters. The maximum atomic E-state index is 14.3. The van der Waals surface area contributed by atoms with E-state index in [2.05, 4.69) is 15.3 Å². The van der Waals surface area contributed by atoms with Crippen LogP contribution in [0.4, 0.5) is 29.2 Å². The van der Waals surface area contributed by atoms with Crippen LogP contribution in [0.15, 0.2) is 30.5 Å². The third kappa shape index (κ3) is 3.91. The second kappa shape index (κ2) is 6.45. The molecule has 1 aliphatic heterocycles. The van der Waals surface area contributed by atoms with Crippen LogP contribution in [0.25, 0.3) is 0 Å². The number of hydrogen-bond donors (Lipinski definition) is 1. The zero-order valence-corrected chi connectivity index (χ0v) is 15.2. The highest BCUT2D eigenvalue weighted by Gasteiger charge is 2.52. The van der Waals surface area contributed by atoms with Gasteiger partial charge < -0.3 is 14.6 Å². The van der Waals surface area contributed by atoms with E-state index in [0.29, 0.717) is 5.69 Å². The summed E-state index contributed by atoms with van der Waals surface area (Å²) in [5.74, 6) is -0.805. The summed E-state index contributed by atoms with van der Waals surface area (Å²) in [5, 5.41) is 2.65. The van der Waals surface area contributed by atoms with Crippen molar-refractivity contribution in [3.05, 3.63) is 42.0 Å². The minimum atomic E-state index is -4.59. The lowest BCUT2D eigenvalue weighted by Crippen LogP contribution is -2.41. The van der Waals surface area contributed by atoms with Crippen LogP contribution in [0.5, 0.6) is 0 Å². The molecular weight excluding hydrogens is 365 g/mol. The Bertz CT molecular complexity index is 842. The normalized spacial score (nSPS) is 18.6. The van der Waals surface area contributed by atoms with Crippen molar-refractivity contribution in [2.75, 3.05) is 5.32 Å². The van der Waals surface area contributed by atoms with Crippen molar-refractivity contribution in [2.45, 2.75) is 45.1 Å². The molecule has 3 rings (SSSR count). The molecule has 0 amide bonds. The van der Waals surface area contributed by atoms with Crippen LogP contribution < -0.4 is 10.8 Å². The SMILES string of the molecule is CC1(C)OB(c2cc(Nc3nccc(C(F)(F)F)n3)ccc2F)OC1(C)C. The molecule has 0 saturated carbocycles. The first kappa shape index (κ1) is 19.6. The van der Waals surface area contributed by atoms with Crippen LogP contribution in [0.1, 0.15) is 33.4 Å². The number of aromatic nitrogens is 2. The van der Waals surface area contributed by atoms with Crippen molar-refractivity contribution in [2.24, 2.45) is 0 Å². The number of hydrogen-bond acceptors (Lipinski definition) is 5. The van der Waals surface area contributed by atoms with Crippen molar-refractivity contribution in [3.8, 4) is 0 Å². The predicted molar refractivity (Wildman–Crippen MR) is 92.4 cm³/mol. The Hall–Kier alpha value is -2.20. The molecular formula is C17H18BF4N3O2. The van der Waals surface area contributed by atoms with Crippen LogP contribution in [0, 0.1) is 5.82 Å². The molecule has 144 valence electrons. The van der Waals surface area contributed by atoms with E-state index in [-0.39, 0.29) is 11.4 Å². The summed E-state index contributed by atoms with van der Waals surface area (Å²) in [7, 11) is -0.945. The molecule has 1 aromatic heterocycles. The summed E-state index contributed by atoms with van der Waals surface area (Å²) >= 11 is 0. The van der Waals surface area contributed by atoms with Crippen LogP contribution in [-0.4, -0.2) is 28.3 Å². The van der Waals surface area contributed by atoms with Gasteiger partial charge in [-0.05, 0) is 52.0 Å². The summed E-state index contributed by atoms with van der Waals surface area (Å²) in [6.07, 6.45) is -3.59. The van der Waals surface area contributed by atoms with Crippen LogP contribution in [0.3, 0.4) is 0 Å². The van der Waals surface area contributed by atoms with Crippen molar-refractivity contribution >= 4 is 24.2 Å². The molecule has 27 heavy (non-hydrogen) atoms. The number of alkyl halides is 3. The van der Waals surface area contributed by atoms with Crippen molar-refractivity contribution in [1.29, 1.82) is 0 Å². The first-order valence-electron chi connectivity index (χ1n) is 8.21. The van der Waals surface area contributed by atoms with Gasteiger partial charge in [0, 0.05) is 17.3 Å². The van der Waals surface area contributed by atoms with Crippen molar-refractivity contribution in [3.63, 3.8) is 0 Å². The third-order valence-corrected chi connectivity index (χ3v) is 4.71.